The largest absolute Gasteiger partial charge is 0.306 e. The van der Waals surface area contributed by atoms with Gasteiger partial charge in [0, 0.05) is 17.6 Å². The summed E-state index contributed by atoms with van der Waals surface area (Å²) in [5.74, 6) is -0.397. The van der Waals surface area contributed by atoms with E-state index in [1.54, 1.807) is 12.1 Å². The Kier molecular flexibility index (Phi) is 4.81. The zero-order valence-electron chi connectivity index (χ0n) is 10.5. The third-order valence-corrected chi connectivity index (χ3v) is 3.77. The summed E-state index contributed by atoms with van der Waals surface area (Å²) in [5, 5.41) is 4.17. The molecule has 2 aromatic rings. The molecule has 0 bridgehead atoms. The Labute approximate surface area is 122 Å². The van der Waals surface area contributed by atoms with Gasteiger partial charge in [-0.15, -0.1) is 0 Å². The van der Waals surface area contributed by atoms with Gasteiger partial charge in [-0.25, -0.2) is 4.39 Å². The van der Waals surface area contributed by atoms with Crippen LogP contribution in [0.3, 0.4) is 0 Å². The minimum Gasteiger partial charge on any atom is -0.306 e. The van der Waals surface area contributed by atoms with Crippen molar-refractivity contribution in [2.24, 2.45) is 0 Å². The lowest BCUT2D eigenvalue weighted by atomic mass is 10.1. The molecule has 0 amide bonds. The summed E-state index contributed by atoms with van der Waals surface area (Å²) in [7, 11) is 0. The van der Waals surface area contributed by atoms with Crippen LogP contribution in [0.25, 0.3) is 0 Å². The van der Waals surface area contributed by atoms with Crippen molar-refractivity contribution in [3.05, 3.63) is 69.5 Å². The molecule has 1 N–H and O–H groups in total. The van der Waals surface area contributed by atoms with Crippen molar-refractivity contribution in [2.45, 2.75) is 19.5 Å². The predicted molar refractivity (Wildman–Crippen MR) is 78.1 cm³/mol. The number of benzene rings is 2. The van der Waals surface area contributed by atoms with Crippen LogP contribution in [-0.2, 0) is 6.54 Å². The molecule has 1 nitrogen and oxygen atoms in total. The van der Waals surface area contributed by atoms with Crippen LogP contribution in [0.1, 0.15) is 24.1 Å². The van der Waals surface area contributed by atoms with Crippen LogP contribution in [0.4, 0.5) is 4.39 Å². The van der Waals surface area contributed by atoms with Crippen LogP contribution in [0.2, 0.25) is 10.0 Å². The predicted octanol–water partition coefficient (Wildman–Crippen LogP) is 4.98. The third kappa shape index (κ3) is 3.47. The molecule has 100 valence electrons. The van der Waals surface area contributed by atoms with Gasteiger partial charge in [-0.2, -0.15) is 0 Å². The maximum absolute atomic E-state index is 13.3. The van der Waals surface area contributed by atoms with E-state index in [1.165, 1.54) is 6.07 Å². The fourth-order valence-electron chi connectivity index (χ4n) is 1.88. The Hall–Kier alpha value is -1.09. The second kappa shape index (κ2) is 6.38. The fourth-order valence-corrected chi connectivity index (χ4v) is 2.38. The Morgan fingerprint density at radius 2 is 1.84 bits per heavy atom. The lowest BCUT2D eigenvalue weighted by Gasteiger charge is -2.16. The summed E-state index contributed by atoms with van der Waals surface area (Å²) in [6.45, 7) is 2.50. The van der Waals surface area contributed by atoms with Gasteiger partial charge in [-0.05, 0) is 30.2 Å². The van der Waals surface area contributed by atoms with E-state index in [0.717, 1.165) is 11.1 Å². The van der Waals surface area contributed by atoms with Crippen molar-refractivity contribution >= 4 is 23.2 Å². The number of hydrogen-bond donors (Lipinski definition) is 1. The highest BCUT2D eigenvalue weighted by molar-refractivity contribution is 6.31. The number of halogens is 3. The van der Waals surface area contributed by atoms with Gasteiger partial charge < -0.3 is 5.32 Å². The van der Waals surface area contributed by atoms with Crippen LogP contribution < -0.4 is 5.32 Å². The standard InChI is InChI=1S/C15H14Cl2FN/c1-10(12-6-2-3-7-13(12)16)19-9-11-5-4-8-14(18)15(11)17/h2-8,10,19H,9H2,1H3. The lowest BCUT2D eigenvalue weighted by molar-refractivity contribution is 0.569. The molecule has 0 aliphatic carbocycles. The van der Waals surface area contributed by atoms with E-state index in [0.29, 0.717) is 11.6 Å². The maximum atomic E-state index is 13.3. The molecule has 0 radical (unpaired) electrons. The molecule has 4 heteroatoms. The quantitative estimate of drug-likeness (QED) is 0.839. The van der Waals surface area contributed by atoms with Crippen molar-refractivity contribution in [1.29, 1.82) is 0 Å². The molecule has 19 heavy (non-hydrogen) atoms. The van der Waals surface area contributed by atoms with Gasteiger partial charge in [-0.1, -0.05) is 53.5 Å². The Balaban J connectivity index is 2.07. The van der Waals surface area contributed by atoms with Crippen LogP contribution in [0.15, 0.2) is 42.5 Å². The van der Waals surface area contributed by atoms with Gasteiger partial charge in [0.1, 0.15) is 5.82 Å². The second-order valence-corrected chi connectivity index (χ2v) is 5.12. The number of nitrogens with one attached hydrogen (secondary N) is 1. The first-order chi connectivity index (χ1) is 9.09. The summed E-state index contributed by atoms with van der Waals surface area (Å²) >= 11 is 12.0. The van der Waals surface area contributed by atoms with Crippen molar-refractivity contribution in [1.82, 2.24) is 5.32 Å². The molecule has 1 unspecified atom stereocenters. The fraction of sp³-hybridized carbons (Fsp3) is 0.200. The molecular formula is C15H14Cl2FN. The molecule has 0 aromatic heterocycles. The van der Waals surface area contributed by atoms with Crippen molar-refractivity contribution in [3.8, 4) is 0 Å². The van der Waals surface area contributed by atoms with E-state index in [1.807, 2.05) is 31.2 Å². The van der Waals surface area contributed by atoms with Crippen LogP contribution in [0, 0.1) is 5.82 Å². The van der Waals surface area contributed by atoms with Crippen molar-refractivity contribution in [2.75, 3.05) is 0 Å². The number of rotatable bonds is 4. The van der Waals surface area contributed by atoms with Crippen LogP contribution in [-0.4, -0.2) is 0 Å². The van der Waals surface area contributed by atoms with E-state index >= 15 is 0 Å². The summed E-state index contributed by atoms with van der Waals surface area (Å²) in [6, 6.07) is 12.5. The van der Waals surface area contributed by atoms with Crippen LogP contribution >= 0.6 is 23.2 Å². The highest BCUT2D eigenvalue weighted by Gasteiger charge is 2.10. The zero-order chi connectivity index (χ0) is 13.8. The molecule has 0 aliphatic rings. The SMILES string of the molecule is CC(NCc1cccc(F)c1Cl)c1ccccc1Cl. The molecule has 2 rings (SSSR count). The third-order valence-electron chi connectivity index (χ3n) is 3.00. The molecule has 0 saturated carbocycles. The van der Waals surface area contributed by atoms with Gasteiger partial charge in [0.25, 0.3) is 0 Å². The highest BCUT2D eigenvalue weighted by Crippen LogP contribution is 2.24. The molecule has 2 aromatic carbocycles. The van der Waals surface area contributed by atoms with Crippen LogP contribution in [0.5, 0.6) is 0 Å². The van der Waals surface area contributed by atoms with Gasteiger partial charge in [-0.3, -0.25) is 0 Å². The second-order valence-electron chi connectivity index (χ2n) is 4.34. The van der Waals surface area contributed by atoms with Crippen molar-refractivity contribution < 1.29 is 4.39 Å². The first-order valence-electron chi connectivity index (χ1n) is 6.00. The van der Waals surface area contributed by atoms with E-state index in [4.69, 9.17) is 23.2 Å². The summed E-state index contributed by atoms with van der Waals surface area (Å²) in [6.07, 6.45) is 0. The minimum absolute atomic E-state index is 0.0630. The van der Waals surface area contributed by atoms with Gasteiger partial charge in [0.15, 0.2) is 0 Å². The Morgan fingerprint density at radius 3 is 2.58 bits per heavy atom. The molecule has 0 saturated heterocycles. The molecule has 1 atom stereocenters. The highest BCUT2D eigenvalue weighted by atomic mass is 35.5. The average Bonchev–Trinajstić information content (AvgIpc) is 2.40. The molecule has 0 spiro atoms. The van der Waals surface area contributed by atoms with Crippen molar-refractivity contribution in [3.63, 3.8) is 0 Å². The molecule has 0 heterocycles. The van der Waals surface area contributed by atoms with E-state index < -0.39 is 5.82 Å². The number of hydrogen-bond acceptors (Lipinski definition) is 1. The maximum Gasteiger partial charge on any atom is 0.142 e. The van der Waals surface area contributed by atoms with E-state index in [2.05, 4.69) is 5.32 Å². The summed E-state index contributed by atoms with van der Waals surface area (Å²) in [4.78, 5) is 0. The molecule has 0 fully saturated rings. The van der Waals surface area contributed by atoms with Gasteiger partial charge >= 0.3 is 0 Å². The molecule has 0 aliphatic heterocycles. The topological polar surface area (TPSA) is 12.0 Å². The zero-order valence-corrected chi connectivity index (χ0v) is 12.0. The smallest absolute Gasteiger partial charge is 0.142 e. The first-order valence-corrected chi connectivity index (χ1v) is 6.76. The Bertz CT molecular complexity index is 572. The Morgan fingerprint density at radius 1 is 1.11 bits per heavy atom. The monoisotopic (exact) mass is 297 g/mol. The van der Waals surface area contributed by atoms with Gasteiger partial charge in [0.2, 0.25) is 0 Å². The lowest BCUT2D eigenvalue weighted by Crippen LogP contribution is -2.18. The van der Waals surface area contributed by atoms with E-state index in [9.17, 15) is 4.39 Å². The summed E-state index contributed by atoms with van der Waals surface area (Å²) < 4.78 is 13.3. The van der Waals surface area contributed by atoms with E-state index in [-0.39, 0.29) is 11.1 Å². The normalized spacial score (nSPS) is 12.4. The summed E-state index contributed by atoms with van der Waals surface area (Å²) in [5.41, 5.74) is 1.75. The van der Waals surface area contributed by atoms with Gasteiger partial charge in [0.05, 0.1) is 5.02 Å². The first kappa shape index (κ1) is 14.3. The minimum atomic E-state index is -0.397. The molecular weight excluding hydrogens is 284 g/mol. The average molecular weight is 298 g/mol.